The molecule has 0 aliphatic heterocycles. The molecule has 4 rings (SSSR count). The summed E-state index contributed by atoms with van der Waals surface area (Å²) < 4.78 is 2.07. The van der Waals surface area contributed by atoms with E-state index in [0.29, 0.717) is 23.4 Å². The van der Waals surface area contributed by atoms with E-state index in [0.717, 1.165) is 36.2 Å². The summed E-state index contributed by atoms with van der Waals surface area (Å²) in [5.74, 6) is -1.01. The third kappa shape index (κ3) is 4.91. The van der Waals surface area contributed by atoms with Crippen LogP contribution in [0.1, 0.15) is 51.9 Å². The molecule has 0 radical (unpaired) electrons. The third-order valence-electron chi connectivity index (χ3n) is 5.82. The van der Waals surface area contributed by atoms with Crippen LogP contribution < -0.4 is 0 Å². The Bertz CT molecular complexity index is 1320. The van der Waals surface area contributed by atoms with Crippen molar-refractivity contribution in [2.45, 2.75) is 32.7 Å². The molecule has 3 aromatic carbocycles. The van der Waals surface area contributed by atoms with E-state index in [1.165, 1.54) is 0 Å². The topological polar surface area (TPSA) is 92.4 Å². The van der Waals surface area contributed by atoms with Gasteiger partial charge in [0.1, 0.15) is 5.82 Å². The predicted molar refractivity (Wildman–Crippen MR) is 131 cm³/mol. The number of aromatic carboxylic acids is 2. The van der Waals surface area contributed by atoms with E-state index in [9.17, 15) is 19.8 Å². The van der Waals surface area contributed by atoms with Gasteiger partial charge in [-0.05, 0) is 35.2 Å². The minimum absolute atomic E-state index is 0.232. The molecule has 4 aromatic rings. The van der Waals surface area contributed by atoms with Crippen LogP contribution in [-0.2, 0) is 13.0 Å². The van der Waals surface area contributed by atoms with Gasteiger partial charge in [-0.2, -0.15) is 0 Å². The maximum absolute atomic E-state index is 11.7. The Hall–Kier alpha value is -4.19. The molecule has 0 aliphatic rings. The highest BCUT2D eigenvalue weighted by Gasteiger charge is 2.16. The molecule has 0 saturated carbocycles. The van der Waals surface area contributed by atoms with Gasteiger partial charge in [0.05, 0.1) is 16.8 Å². The van der Waals surface area contributed by atoms with Gasteiger partial charge in [-0.3, -0.25) is 0 Å². The number of aromatic nitrogens is 2. The van der Waals surface area contributed by atoms with Gasteiger partial charge < -0.3 is 14.8 Å². The number of benzene rings is 3. The van der Waals surface area contributed by atoms with Gasteiger partial charge in [-0.1, -0.05) is 74.0 Å². The lowest BCUT2D eigenvalue weighted by Crippen LogP contribution is -2.04. The fourth-order valence-corrected chi connectivity index (χ4v) is 4.06. The van der Waals surface area contributed by atoms with Crippen LogP contribution in [0.25, 0.3) is 22.4 Å². The summed E-state index contributed by atoms with van der Waals surface area (Å²) in [6.45, 7) is 2.71. The molecular weight excluding hydrogens is 428 g/mol. The summed E-state index contributed by atoms with van der Waals surface area (Å²) in [5.41, 5.74) is 4.33. The van der Waals surface area contributed by atoms with Crippen LogP contribution in [0.5, 0.6) is 0 Å². The number of unbranched alkanes of at least 4 members (excludes halogenated alkanes) is 1. The fourth-order valence-electron chi connectivity index (χ4n) is 4.06. The third-order valence-corrected chi connectivity index (χ3v) is 5.82. The van der Waals surface area contributed by atoms with Crippen LogP contribution in [0.4, 0.5) is 0 Å². The molecular formula is C28H26N2O4. The van der Waals surface area contributed by atoms with Gasteiger partial charge in [0.25, 0.3) is 0 Å². The van der Waals surface area contributed by atoms with Gasteiger partial charge in [-0.25, -0.2) is 14.6 Å². The van der Waals surface area contributed by atoms with E-state index in [-0.39, 0.29) is 11.1 Å². The molecule has 0 unspecified atom stereocenters. The Morgan fingerprint density at radius 2 is 1.41 bits per heavy atom. The minimum atomic E-state index is -0.975. The number of rotatable bonds is 9. The molecule has 1 aromatic heterocycles. The second kappa shape index (κ2) is 10.2. The maximum Gasteiger partial charge on any atom is 0.336 e. The summed E-state index contributed by atoms with van der Waals surface area (Å²) >= 11 is 0. The van der Waals surface area contributed by atoms with Crippen molar-refractivity contribution in [2.75, 3.05) is 0 Å². The highest BCUT2D eigenvalue weighted by Crippen LogP contribution is 2.26. The van der Waals surface area contributed by atoms with Crippen molar-refractivity contribution in [3.63, 3.8) is 0 Å². The zero-order valence-electron chi connectivity index (χ0n) is 18.9. The molecule has 6 nitrogen and oxygen atoms in total. The maximum atomic E-state index is 11.7. The van der Waals surface area contributed by atoms with Crippen molar-refractivity contribution in [3.8, 4) is 22.4 Å². The van der Waals surface area contributed by atoms with Crippen LogP contribution in [0.15, 0.2) is 79.0 Å². The average Bonchev–Trinajstić information content (AvgIpc) is 3.25. The van der Waals surface area contributed by atoms with E-state index < -0.39 is 11.9 Å². The quantitative estimate of drug-likeness (QED) is 0.323. The zero-order valence-corrected chi connectivity index (χ0v) is 18.9. The highest BCUT2D eigenvalue weighted by molar-refractivity contribution is 5.96. The molecule has 0 aliphatic carbocycles. The second-order valence-corrected chi connectivity index (χ2v) is 8.17. The molecule has 34 heavy (non-hydrogen) atoms. The van der Waals surface area contributed by atoms with Crippen LogP contribution in [0.2, 0.25) is 0 Å². The molecule has 0 fully saturated rings. The van der Waals surface area contributed by atoms with E-state index in [2.05, 4.69) is 11.5 Å². The fraction of sp³-hybridized carbons (Fsp3) is 0.179. The molecule has 1 heterocycles. The lowest BCUT2D eigenvalue weighted by atomic mass is 9.99. The average molecular weight is 455 g/mol. The SMILES string of the molecule is CCCCc1nc(-c2ccccc2C(=O)O)cn1Cc1ccc(-c2ccccc2C(=O)O)cc1. The summed E-state index contributed by atoms with van der Waals surface area (Å²) in [4.78, 5) is 28.0. The van der Waals surface area contributed by atoms with Crippen molar-refractivity contribution in [3.05, 3.63) is 102 Å². The number of hydrogen-bond donors (Lipinski definition) is 2. The number of nitrogens with zero attached hydrogens (tertiary/aromatic N) is 2. The number of carbonyl (C=O) groups is 2. The summed E-state index contributed by atoms with van der Waals surface area (Å²) in [7, 11) is 0. The molecule has 172 valence electrons. The lowest BCUT2D eigenvalue weighted by molar-refractivity contribution is 0.0687. The molecule has 0 atom stereocenters. The van der Waals surface area contributed by atoms with Gasteiger partial charge in [0.2, 0.25) is 0 Å². The van der Waals surface area contributed by atoms with E-state index in [1.807, 2.05) is 48.7 Å². The first-order chi connectivity index (χ1) is 16.5. The molecule has 6 heteroatoms. The zero-order chi connectivity index (χ0) is 24.1. The number of carboxylic acid groups (broad SMARTS) is 2. The van der Waals surface area contributed by atoms with Crippen molar-refractivity contribution in [1.29, 1.82) is 0 Å². The van der Waals surface area contributed by atoms with E-state index >= 15 is 0 Å². The number of hydrogen-bond acceptors (Lipinski definition) is 3. The van der Waals surface area contributed by atoms with Crippen LogP contribution in [0, 0.1) is 0 Å². The van der Waals surface area contributed by atoms with E-state index in [1.54, 1.807) is 30.3 Å². The standard InChI is InChI=1S/C28H26N2O4/c1-2-3-12-26-29-25(22-9-5-7-11-24(22)28(33)34)18-30(26)17-19-13-15-20(16-14-19)21-8-4-6-10-23(21)27(31)32/h4-11,13-16,18H,2-3,12,17H2,1H3,(H,31,32)(H,33,34). The van der Waals surface area contributed by atoms with E-state index in [4.69, 9.17) is 4.98 Å². The van der Waals surface area contributed by atoms with Gasteiger partial charge >= 0.3 is 11.9 Å². The first-order valence-electron chi connectivity index (χ1n) is 11.3. The molecule has 0 amide bonds. The Morgan fingerprint density at radius 1 is 0.824 bits per heavy atom. The highest BCUT2D eigenvalue weighted by atomic mass is 16.4. The Morgan fingerprint density at radius 3 is 2.03 bits per heavy atom. The summed E-state index contributed by atoms with van der Waals surface area (Å²) in [6.07, 6.45) is 4.74. The predicted octanol–water partition coefficient (Wildman–Crippen LogP) is 6.00. The van der Waals surface area contributed by atoms with Crippen molar-refractivity contribution in [1.82, 2.24) is 9.55 Å². The first-order valence-corrected chi connectivity index (χ1v) is 11.3. The Balaban J connectivity index is 1.65. The van der Waals surface area contributed by atoms with Crippen LogP contribution in [0.3, 0.4) is 0 Å². The monoisotopic (exact) mass is 454 g/mol. The normalized spacial score (nSPS) is 10.9. The smallest absolute Gasteiger partial charge is 0.336 e. The Labute approximate surface area is 198 Å². The van der Waals surface area contributed by atoms with Gasteiger partial charge in [0.15, 0.2) is 0 Å². The van der Waals surface area contributed by atoms with Crippen LogP contribution >= 0.6 is 0 Å². The van der Waals surface area contributed by atoms with Gasteiger partial charge in [0, 0.05) is 24.7 Å². The molecule has 0 bridgehead atoms. The largest absolute Gasteiger partial charge is 0.478 e. The Kier molecular flexibility index (Phi) is 6.87. The van der Waals surface area contributed by atoms with Gasteiger partial charge in [-0.15, -0.1) is 0 Å². The van der Waals surface area contributed by atoms with Crippen molar-refractivity contribution >= 4 is 11.9 Å². The van der Waals surface area contributed by atoms with Crippen molar-refractivity contribution in [2.24, 2.45) is 0 Å². The molecule has 2 N–H and O–H groups in total. The summed E-state index contributed by atoms with van der Waals surface area (Å²) in [6, 6.07) is 21.7. The van der Waals surface area contributed by atoms with Crippen LogP contribution in [-0.4, -0.2) is 31.7 Å². The van der Waals surface area contributed by atoms with Crippen molar-refractivity contribution < 1.29 is 19.8 Å². The molecule has 0 spiro atoms. The first kappa shape index (κ1) is 23.0. The summed E-state index contributed by atoms with van der Waals surface area (Å²) in [5, 5.41) is 19.1. The lowest BCUT2D eigenvalue weighted by Gasteiger charge is -2.10. The number of carboxylic acids is 2. The molecule has 0 saturated heterocycles. The second-order valence-electron chi connectivity index (χ2n) is 8.17. The number of imidazole rings is 1. The number of aryl methyl sites for hydroxylation is 1. The minimum Gasteiger partial charge on any atom is -0.478 e.